The van der Waals surface area contributed by atoms with Gasteiger partial charge in [0, 0.05) is 32.8 Å². The Morgan fingerprint density at radius 2 is 0.967 bits per heavy atom. The molecule has 0 saturated heterocycles. The van der Waals surface area contributed by atoms with E-state index in [9.17, 15) is 49.5 Å². The average molecular weight is 809 g/mol. The van der Waals surface area contributed by atoms with E-state index < -0.39 is 64.5 Å². The highest BCUT2D eigenvalue weighted by Crippen LogP contribution is 2.36. The molecule has 2 heterocycles. The number of pyridine rings is 2. The Labute approximate surface area is 338 Å². The molecule has 2 atom stereocenters. The van der Waals surface area contributed by atoms with Crippen molar-refractivity contribution in [2.45, 2.75) is 19.0 Å². The number of amides is 2. The van der Waals surface area contributed by atoms with Gasteiger partial charge in [-0.3, -0.25) is 14.4 Å². The molecule has 0 saturated carbocycles. The number of carbonyl (C=O) groups is 5. The normalized spacial score (nSPS) is 11.9. The van der Waals surface area contributed by atoms with Crippen molar-refractivity contribution in [2.24, 2.45) is 0 Å². The van der Waals surface area contributed by atoms with E-state index in [1.54, 1.807) is 48.5 Å². The minimum Gasteiger partial charge on any atom is -0.508 e. The summed E-state index contributed by atoms with van der Waals surface area (Å²) in [6.07, 6.45) is 0. The van der Waals surface area contributed by atoms with Crippen molar-refractivity contribution in [1.82, 2.24) is 20.6 Å². The summed E-state index contributed by atoms with van der Waals surface area (Å²) in [4.78, 5) is 74.7. The average Bonchev–Trinajstić information content (AvgIpc) is 3.24. The van der Waals surface area contributed by atoms with Gasteiger partial charge in [-0.2, -0.15) is 0 Å². The zero-order valence-corrected chi connectivity index (χ0v) is 31.2. The van der Waals surface area contributed by atoms with Gasteiger partial charge in [-0.15, -0.1) is 0 Å². The van der Waals surface area contributed by atoms with Crippen LogP contribution in [0.3, 0.4) is 0 Å². The van der Waals surface area contributed by atoms with Gasteiger partial charge in [-0.25, -0.2) is 19.6 Å². The molecule has 7 aromatic rings. The Morgan fingerprint density at radius 1 is 0.517 bits per heavy atom. The third kappa shape index (κ3) is 8.14. The molecule has 2 aromatic heterocycles. The summed E-state index contributed by atoms with van der Waals surface area (Å²) in [5, 5.41) is 56.9. The van der Waals surface area contributed by atoms with Crippen LogP contribution in [-0.2, 0) is 9.59 Å². The molecule has 0 fully saturated rings. The van der Waals surface area contributed by atoms with Gasteiger partial charge >= 0.3 is 11.9 Å². The number of aliphatic carboxylic acids is 2. The van der Waals surface area contributed by atoms with Crippen LogP contribution in [0.25, 0.3) is 21.5 Å². The zero-order valence-electron chi connectivity index (χ0n) is 31.2. The number of rotatable bonds is 13. The number of hydrogen-bond acceptors (Lipinski definition) is 12. The molecule has 0 bridgehead atoms. The topological polar surface area (TPSA) is 255 Å². The summed E-state index contributed by atoms with van der Waals surface area (Å²) in [6.45, 7) is 1.51. The first-order valence-electron chi connectivity index (χ1n) is 18.0. The number of hydrogen-bond donors (Lipinski definition) is 7. The number of carboxylic acids is 2. The number of para-hydroxylation sites is 1. The third-order valence-corrected chi connectivity index (χ3v) is 9.26. The van der Waals surface area contributed by atoms with Gasteiger partial charge in [0.2, 0.25) is 5.78 Å². The molecule has 16 heteroatoms. The fraction of sp³-hybridized carbons (Fsp3) is 0.0682. The first kappa shape index (κ1) is 39.7. The number of ketones is 1. The number of phenols is 1. The Balaban J connectivity index is 1.19. The number of fused-ring (bicyclic) bond motifs is 2. The molecule has 2 unspecified atom stereocenters. The van der Waals surface area contributed by atoms with E-state index in [0.29, 0.717) is 22.6 Å². The van der Waals surface area contributed by atoms with E-state index in [4.69, 9.17) is 9.47 Å². The molecule has 7 N–H and O–H groups in total. The van der Waals surface area contributed by atoms with E-state index in [2.05, 4.69) is 9.97 Å². The highest BCUT2D eigenvalue weighted by Gasteiger charge is 2.39. The maximum absolute atomic E-state index is 13.9. The standard InChI is InChI=1S/C44H32N4O12/c1-22-31-20-27(60-26-14-12-24(49)13-15-26)16-18-29(31)39(51)36(45-22)41(53)47-34(43(55)56)35(44(57)58)48-42(54)37-40(52)30-19-17-28(59-25-10-6-3-7-11-25)21-32(30)33(46-37)38(50)23-8-4-2-5-9-23/h2-21,34-35,49,51-52H,1H3,(H,47,53)(H,48,54)(H,55,56)(H,57,58). The molecule has 0 aliphatic rings. The number of carboxylic acid groups (broad SMARTS) is 2. The molecule has 2 amide bonds. The second-order valence-electron chi connectivity index (χ2n) is 13.3. The summed E-state index contributed by atoms with van der Waals surface area (Å²) in [5.41, 5.74) is -1.42. The molecule has 0 radical (unpaired) electrons. The Hall–Kier alpha value is -8.53. The van der Waals surface area contributed by atoms with Crippen molar-refractivity contribution >= 4 is 51.1 Å². The number of ether oxygens (including phenoxy) is 2. The molecular formula is C44H32N4O12. The van der Waals surface area contributed by atoms with Crippen LogP contribution >= 0.6 is 0 Å². The Kier molecular flexibility index (Phi) is 10.9. The number of nitrogens with zero attached hydrogens (tertiary/aromatic N) is 2. The molecule has 0 aliphatic carbocycles. The smallest absolute Gasteiger partial charge is 0.329 e. The van der Waals surface area contributed by atoms with Crippen LogP contribution in [0.1, 0.15) is 42.7 Å². The van der Waals surface area contributed by atoms with Gasteiger partial charge < -0.3 is 45.6 Å². The lowest BCUT2D eigenvalue weighted by Crippen LogP contribution is -2.59. The lowest BCUT2D eigenvalue weighted by molar-refractivity contribution is -0.147. The maximum atomic E-state index is 13.9. The molecule has 300 valence electrons. The van der Waals surface area contributed by atoms with E-state index >= 15 is 0 Å². The molecular weight excluding hydrogens is 777 g/mol. The highest BCUT2D eigenvalue weighted by atomic mass is 16.5. The van der Waals surface area contributed by atoms with Crippen LogP contribution in [0, 0.1) is 6.92 Å². The summed E-state index contributed by atoms with van der Waals surface area (Å²) in [7, 11) is 0. The van der Waals surface area contributed by atoms with Crippen molar-refractivity contribution < 1.29 is 59.0 Å². The number of aryl methyl sites for hydroxylation is 1. The van der Waals surface area contributed by atoms with Crippen LogP contribution in [-0.4, -0.2) is 77.1 Å². The summed E-state index contributed by atoms with van der Waals surface area (Å²) in [6, 6.07) is 26.5. The van der Waals surface area contributed by atoms with Gasteiger partial charge in [-0.1, -0.05) is 48.5 Å². The minimum absolute atomic E-state index is 0.0376. The predicted molar refractivity (Wildman–Crippen MR) is 214 cm³/mol. The highest BCUT2D eigenvalue weighted by molar-refractivity contribution is 6.17. The minimum atomic E-state index is -2.39. The number of nitrogens with one attached hydrogen (secondary N) is 2. The maximum Gasteiger partial charge on any atom is 0.329 e. The molecule has 5 aromatic carbocycles. The van der Waals surface area contributed by atoms with Crippen LogP contribution < -0.4 is 20.1 Å². The van der Waals surface area contributed by atoms with Crippen molar-refractivity contribution in [3.8, 4) is 40.2 Å². The van der Waals surface area contributed by atoms with Crippen molar-refractivity contribution in [2.75, 3.05) is 0 Å². The number of carbonyl (C=O) groups excluding carboxylic acids is 3. The summed E-state index contributed by atoms with van der Waals surface area (Å²) < 4.78 is 11.7. The molecule has 0 spiro atoms. The van der Waals surface area contributed by atoms with Gasteiger partial charge in [0.1, 0.15) is 34.4 Å². The number of benzene rings is 5. The van der Waals surface area contributed by atoms with E-state index in [-0.39, 0.29) is 44.6 Å². The monoisotopic (exact) mass is 808 g/mol. The van der Waals surface area contributed by atoms with E-state index in [1.807, 2.05) is 10.6 Å². The van der Waals surface area contributed by atoms with Gasteiger partial charge in [-0.05, 0) is 79.7 Å². The number of aromatic hydroxyl groups is 3. The largest absolute Gasteiger partial charge is 0.508 e. The first-order valence-corrected chi connectivity index (χ1v) is 18.0. The van der Waals surface area contributed by atoms with Crippen LogP contribution in [0.15, 0.2) is 121 Å². The van der Waals surface area contributed by atoms with Crippen LogP contribution in [0.2, 0.25) is 0 Å². The molecule has 0 aliphatic heterocycles. The lowest BCUT2D eigenvalue weighted by atomic mass is 10.00. The Bertz CT molecular complexity index is 2830. The van der Waals surface area contributed by atoms with Crippen LogP contribution in [0.5, 0.6) is 40.2 Å². The fourth-order valence-electron chi connectivity index (χ4n) is 6.33. The van der Waals surface area contributed by atoms with Gasteiger partial charge in [0.25, 0.3) is 11.8 Å². The first-order chi connectivity index (χ1) is 28.8. The summed E-state index contributed by atoms with van der Waals surface area (Å²) >= 11 is 0. The van der Waals surface area contributed by atoms with Gasteiger partial charge in [0.05, 0.1) is 0 Å². The van der Waals surface area contributed by atoms with E-state index in [1.165, 1.54) is 79.7 Å². The van der Waals surface area contributed by atoms with Crippen molar-refractivity contribution in [3.63, 3.8) is 0 Å². The second-order valence-corrected chi connectivity index (χ2v) is 13.3. The lowest BCUT2D eigenvalue weighted by Gasteiger charge is -2.23. The van der Waals surface area contributed by atoms with E-state index in [0.717, 1.165) is 0 Å². The zero-order chi connectivity index (χ0) is 42.7. The van der Waals surface area contributed by atoms with Crippen molar-refractivity contribution in [1.29, 1.82) is 0 Å². The molecule has 16 nitrogen and oxygen atoms in total. The predicted octanol–water partition coefficient (Wildman–Crippen LogP) is 6.09. The molecule has 7 rings (SSSR count). The third-order valence-electron chi connectivity index (χ3n) is 9.26. The number of phenolic OH excluding ortho intramolecular Hbond substituents is 1. The Morgan fingerprint density at radius 3 is 1.50 bits per heavy atom. The summed E-state index contributed by atoms with van der Waals surface area (Å²) in [5.74, 6) is -7.13. The SMILES string of the molecule is Cc1nc(C(=O)NC(C(=O)O)C(NC(=O)c2nc(C(=O)c3ccccc3)c3cc(Oc4ccccc4)ccc3c2O)C(=O)O)c(O)c2ccc(Oc3ccc(O)cc3)cc12. The number of aromatic nitrogens is 2. The quantitative estimate of drug-likeness (QED) is 0.0651. The van der Waals surface area contributed by atoms with Gasteiger partial charge in [0.15, 0.2) is 35.0 Å². The molecule has 60 heavy (non-hydrogen) atoms. The van der Waals surface area contributed by atoms with Crippen molar-refractivity contribution in [3.05, 3.63) is 150 Å². The second kappa shape index (κ2) is 16.5. The van der Waals surface area contributed by atoms with Crippen LogP contribution in [0.4, 0.5) is 0 Å². The fourth-order valence-corrected chi connectivity index (χ4v) is 6.33.